The Morgan fingerprint density at radius 3 is 1.23 bits per heavy atom. The number of rotatable bonds is 4. The summed E-state index contributed by atoms with van der Waals surface area (Å²) in [7, 11) is 0. The lowest BCUT2D eigenvalue weighted by Gasteiger charge is -1.98. The molecule has 0 aliphatic rings. The molecule has 0 aliphatic heterocycles. The average molecular weight is 531 g/mol. The van der Waals surface area contributed by atoms with Gasteiger partial charge in [-0.3, -0.25) is 0 Å². The van der Waals surface area contributed by atoms with Crippen molar-refractivity contribution in [3.63, 3.8) is 0 Å². The Morgan fingerprint density at radius 2 is 0.875 bits per heavy atom. The van der Waals surface area contributed by atoms with E-state index in [1.165, 1.54) is 0 Å². The van der Waals surface area contributed by atoms with Crippen LogP contribution in [0.2, 0.25) is 0 Å². The molecule has 0 spiro atoms. The SMILES string of the molecule is C=C/C(C#Cc1cc(C#C/C(C=C)=C/C=C\C)cc(C#Cc2ccccc2)c1)=C\C=C/C.CC.CC.CC.CC. The zero-order valence-corrected chi connectivity index (χ0v) is 26.7. The van der Waals surface area contributed by atoms with Gasteiger partial charge >= 0.3 is 0 Å². The van der Waals surface area contributed by atoms with E-state index in [1.54, 1.807) is 12.2 Å². The third-order valence-corrected chi connectivity index (χ3v) is 4.14. The minimum absolute atomic E-state index is 0.847. The predicted molar refractivity (Wildman–Crippen MR) is 184 cm³/mol. The Kier molecular flexibility index (Phi) is 30.8. The lowest BCUT2D eigenvalue weighted by Crippen LogP contribution is -1.85. The predicted octanol–water partition coefficient (Wildman–Crippen LogP) is 11.3. The molecule has 2 aromatic carbocycles. The third kappa shape index (κ3) is 19.6. The van der Waals surface area contributed by atoms with Gasteiger partial charge in [0.2, 0.25) is 0 Å². The highest BCUT2D eigenvalue weighted by molar-refractivity contribution is 5.56. The van der Waals surface area contributed by atoms with Gasteiger partial charge in [0.25, 0.3) is 0 Å². The smallest absolute Gasteiger partial charge is 0.0273 e. The molecule has 0 aromatic heterocycles. The fourth-order valence-corrected chi connectivity index (χ4v) is 2.52. The van der Waals surface area contributed by atoms with Crippen molar-refractivity contribution >= 4 is 0 Å². The van der Waals surface area contributed by atoms with E-state index in [0.29, 0.717) is 0 Å². The van der Waals surface area contributed by atoms with Gasteiger partial charge in [-0.2, -0.15) is 0 Å². The van der Waals surface area contributed by atoms with Crippen molar-refractivity contribution in [2.75, 3.05) is 0 Å². The Bertz CT molecular complexity index is 1190. The van der Waals surface area contributed by atoms with Gasteiger partial charge in [-0.15, -0.1) is 0 Å². The molecule has 0 fully saturated rings. The summed E-state index contributed by atoms with van der Waals surface area (Å²) in [6, 6.07) is 15.8. The average Bonchev–Trinajstić information content (AvgIpc) is 3.04. The molecular formula is C40H50. The maximum atomic E-state index is 3.84. The van der Waals surface area contributed by atoms with Gasteiger partial charge in [-0.05, 0) is 56.3 Å². The van der Waals surface area contributed by atoms with E-state index in [9.17, 15) is 0 Å². The normalized spacial score (nSPS) is 9.45. The van der Waals surface area contributed by atoms with E-state index in [-0.39, 0.29) is 0 Å². The largest absolute Gasteiger partial charge is 0.0978 e. The molecule has 0 saturated carbocycles. The molecule has 40 heavy (non-hydrogen) atoms. The molecule has 0 N–H and O–H groups in total. The third-order valence-electron chi connectivity index (χ3n) is 4.14. The zero-order chi connectivity index (χ0) is 31.0. The van der Waals surface area contributed by atoms with Gasteiger partial charge in [-0.1, -0.05) is 159 Å². The summed E-state index contributed by atoms with van der Waals surface area (Å²) in [5, 5.41) is 0. The summed E-state index contributed by atoms with van der Waals surface area (Å²) < 4.78 is 0. The number of hydrogen-bond donors (Lipinski definition) is 0. The van der Waals surface area contributed by atoms with Crippen LogP contribution in [0.1, 0.15) is 91.5 Å². The molecule has 210 valence electrons. The molecule has 0 unspecified atom stereocenters. The van der Waals surface area contributed by atoms with Crippen LogP contribution in [0.3, 0.4) is 0 Å². The lowest BCUT2D eigenvalue weighted by atomic mass is 10.0. The van der Waals surface area contributed by atoms with Crippen LogP contribution in [-0.2, 0) is 0 Å². The lowest BCUT2D eigenvalue weighted by molar-refractivity contribution is 1.50. The highest BCUT2D eigenvalue weighted by atomic mass is 14.0. The van der Waals surface area contributed by atoms with Crippen LogP contribution in [-0.4, -0.2) is 0 Å². The van der Waals surface area contributed by atoms with Crippen molar-refractivity contribution in [2.45, 2.75) is 69.2 Å². The van der Waals surface area contributed by atoms with Crippen LogP contribution in [0.5, 0.6) is 0 Å². The van der Waals surface area contributed by atoms with Crippen molar-refractivity contribution < 1.29 is 0 Å². The number of benzene rings is 2. The van der Waals surface area contributed by atoms with Crippen molar-refractivity contribution in [2.24, 2.45) is 0 Å². The minimum atomic E-state index is 0.847. The molecule has 0 radical (unpaired) electrons. The number of allylic oxidation sites excluding steroid dienone is 10. The molecule has 2 rings (SSSR count). The molecule has 0 saturated heterocycles. The van der Waals surface area contributed by atoms with E-state index in [0.717, 1.165) is 33.4 Å². The second-order valence-corrected chi connectivity index (χ2v) is 6.62. The van der Waals surface area contributed by atoms with Crippen molar-refractivity contribution in [1.82, 2.24) is 0 Å². The van der Waals surface area contributed by atoms with Gasteiger partial charge in [0.1, 0.15) is 0 Å². The van der Waals surface area contributed by atoms with Crippen LogP contribution >= 0.6 is 0 Å². The molecule has 0 amide bonds. The van der Waals surface area contributed by atoms with E-state index < -0.39 is 0 Å². The monoisotopic (exact) mass is 530 g/mol. The molecular weight excluding hydrogens is 480 g/mol. The zero-order valence-electron chi connectivity index (χ0n) is 26.7. The highest BCUT2D eigenvalue weighted by Crippen LogP contribution is 2.10. The maximum Gasteiger partial charge on any atom is 0.0273 e. The molecule has 0 nitrogen and oxygen atoms in total. The molecule has 0 aliphatic carbocycles. The van der Waals surface area contributed by atoms with Crippen molar-refractivity contribution in [3.05, 3.63) is 144 Å². The van der Waals surface area contributed by atoms with Crippen LogP contribution in [0.4, 0.5) is 0 Å². The van der Waals surface area contributed by atoms with Crippen molar-refractivity contribution in [1.29, 1.82) is 0 Å². The van der Waals surface area contributed by atoms with Gasteiger partial charge in [0, 0.05) is 33.4 Å². The molecule has 2 aromatic rings. The van der Waals surface area contributed by atoms with Gasteiger partial charge in [-0.25, -0.2) is 0 Å². The molecule has 0 bridgehead atoms. The summed E-state index contributed by atoms with van der Waals surface area (Å²) in [5.74, 6) is 19.2. The molecule has 0 heteroatoms. The summed E-state index contributed by atoms with van der Waals surface area (Å²) in [4.78, 5) is 0. The first-order valence-corrected chi connectivity index (χ1v) is 14.4. The summed E-state index contributed by atoms with van der Waals surface area (Å²) in [6.45, 7) is 27.6. The van der Waals surface area contributed by atoms with Gasteiger partial charge in [0.15, 0.2) is 0 Å². The second kappa shape index (κ2) is 30.8. The Labute approximate surface area is 248 Å². The Hall–Kier alpha value is -4.44. The first-order chi connectivity index (χ1) is 19.7. The topological polar surface area (TPSA) is 0 Å². The van der Waals surface area contributed by atoms with E-state index in [1.807, 2.05) is 154 Å². The fraction of sp³-hybridized carbons (Fsp3) is 0.250. The van der Waals surface area contributed by atoms with Crippen LogP contribution < -0.4 is 0 Å². The molecule has 0 heterocycles. The standard InChI is InChI=1S/C32H26.4C2H6/c1-5-9-14-27(7-3)18-21-30-24-31(22-19-28(8-4)15-10-6-2)26-32(25-30)23-20-29-16-12-11-13-17-29;4*1-2/h5-17,24-26H,3-4H2,1-2H3;4*1-2H3/b9-5-,10-6-,27-14+,28-15+;;;;. The molecule has 0 atom stereocenters. The Morgan fingerprint density at radius 1 is 0.525 bits per heavy atom. The van der Waals surface area contributed by atoms with E-state index in [2.05, 4.69) is 48.7 Å². The summed E-state index contributed by atoms with van der Waals surface area (Å²) >= 11 is 0. The van der Waals surface area contributed by atoms with Crippen LogP contribution in [0, 0.1) is 35.5 Å². The van der Waals surface area contributed by atoms with Crippen LogP contribution in [0.15, 0.2) is 121 Å². The van der Waals surface area contributed by atoms with E-state index in [4.69, 9.17) is 0 Å². The van der Waals surface area contributed by atoms with Crippen LogP contribution in [0.25, 0.3) is 0 Å². The maximum absolute atomic E-state index is 3.84. The van der Waals surface area contributed by atoms with Gasteiger partial charge in [0.05, 0.1) is 0 Å². The Balaban J connectivity index is -0.00000157. The van der Waals surface area contributed by atoms with Gasteiger partial charge < -0.3 is 0 Å². The quantitative estimate of drug-likeness (QED) is 0.272. The second-order valence-electron chi connectivity index (χ2n) is 6.62. The highest BCUT2D eigenvalue weighted by Gasteiger charge is 1.97. The summed E-state index contributed by atoms with van der Waals surface area (Å²) in [5.41, 5.74) is 5.21. The first-order valence-electron chi connectivity index (χ1n) is 14.4. The minimum Gasteiger partial charge on any atom is -0.0978 e. The van der Waals surface area contributed by atoms with E-state index >= 15 is 0 Å². The fourth-order valence-electron chi connectivity index (χ4n) is 2.52. The number of hydrogen-bond acceptors (Lipinski definition) is 0. The van der Waals surface area contributed by atoms with Crippen molar-refractivity contribution in [3.8, 4) is 35.5 Å². The summed E-state index contributed by atoms with van der Waals surface area (Å²) in [6.07, 6.45) is 15.2. The first kappa shape index (κ1) is 40.1.